The van der Waals surface area contributed by atoms with Gasteiger partial charge in [-0.1, -0.05) is 13.3 Å². The molecule has 0 saturated carbocycles. The lowest BCUT2D eigenvalue weighted by molar-refractivity contribution is -0.704. The molecule has 0 amide bonds. The summed E-state index contributed by atoms with van der Waals surface area (Å²) in [4.78, 5) is 13.7. The first-order valence-electron chi connectivity index (χ1n) is 4.93. The lowest BCUT2D eigenvalue weighted by Gasteiger charge is -2.00. The maximum atomic E-state index is 10.6. The molecule has 0 aliphatic rings. The van der Waals surface area contributed by atoms with E-state index in [-0.39, 0.29) is 5.97 Å². The maximum Gasteiger partial charge on any atom is 0.303 e. The van der Waals surface area contributed by atoms with E-state index in [0.717, 1.165) is 25.2 Å². The Bertz CT molecular complexity index is 294. The van der Waals surface area contributed by atoms with Crippen molar-refractivity contribution in [1.82, 2.24) is 4.98 Å². The highest BCUT2D eigenvalue weighted by Gasteiger charge is 2.10. The molecule has 0 fully saturated rings. The summed E-state index contributed by atoms with van der Waals surface area (Å²) in [7, 11) is 0. The minimum atomic E-state index is -0.248. The zero-order chi connectivity index (χ0) is 10.4. The van der Waals surface area contributed by atoms with Crippen LogP contribution in [0.1, 0.15) is 32.5 Å². The van der Waals surface area contributed by atoms with E-state index >= 15 is 0 Å². The van der Waals surface area contributed by atoms with E-state index in [1.54, 1.807) is 0 Å². The van der Waals surface area contributed by atoms with Gasteiger partial charge in [0.1, 0.15) is 12.4 Å². The van der Waals surface area contributed by atoms with E-state index in [0.29, 0.717) is 6.61 Å². The lowest BCUT2D eigenvalue weighted by atomic mass is 10.3. The third kappa shape index (κ3) is 3.20. The van der Waals surface area contributed by atoms with Gasteiger partial charge < -0.3 is 4.74 Å². The number of aryl methyl sites for hydroxylation is 1. The van der Waals surface area contributed by atoms with Gasteiger partial charge in [-0.3, -0.25) is 4.79 Å². The normalized spacial score (nSPS) is 10.1. The smallest absolute Gasteiger partial charge is 0.303 e. The topological polar surface area (TPSA) is 46.0 Å². The fourth-order valence-corrected chi connectivity index (χ4v) is 1.23. The molecule has 1 N–H and O–H groups in total. The standard InChI is InChI=1S/C10H16N2O2/c1-3-4-6-12-7-5-11-10(12)8-14-9(2)13/h5,7H,3-4,6,8H2,1-2H3/p+1. The van der Waals surface area contributed by atoms with Crippen LogP contribution in [0.4, 0.5) is 0 Å². The Hall–Kier alpha value is -1.32. The Kier molecular flexibility index (Phi) is 4.16. The molecular weight excluding hydrogens is 180 g/mol. The largest absolute Gasteiger partial charge is 0.453 e. The van der Waals surface area contributed by atoms with Crippen LogP contribution in [-0.4, -0.2) is 11.0 Å². The van der Waals surface area contributed by atoms with Crippen molar-refractivity contribution < 1.29 is 14.1 Å². The molecule has 1 aromatic heterocycles. The fourth-order valence-electron chi connectivity index (χ4n) is 1.23. The number of rotatable bonds is 5. The maximum absolute atomic E-state index is 10.6. The van der Waals surface area contributed by atoms with Gasteiger partial charge in [0.2, 0.25) is 0 Å². The second-order valence-corrected chi connectivity index (χ2v) is 3.23. The second-order valence-electron chi connectivity index (χ2n) is 3.23. The minimum absolute atomic E-state index is 0.248. The molecule has 78 valence electrons. The number of aromatic nitrogens is 2. The third-order valence-corrected chi connectivity index (χ3v) is 2.02. The minimum Gasteiger partial charge on any atom is -0.453 e. The number of H-pyrrole nitrogens is 1. The van der Waals surface area contributed by atoms with Crippen molar-refractivity contribution in [2.24, 2.45) is 0 Å². The number of nitrogens with one attached hydrogen (secondary N) is 1. The average molecular weight is 197 g/mol. The number of imidazole rings is 1. The lowest BCUT2D eigenvalue weighted by Crippen LogP contribution is -2.36. The molecule has 0 spiro atoms. The number of nitrogens with zero attached hydrogens (tertiary/aromatic N) is 1. The van der Waals surface area contributed by atoms with E-state index in [2.05, 4.69) is 16.5 Å². The van der Waals surface area contributed by atoms with E-state index < -0.39 is 0 Å². The zero-order valence-corrected chi connectivity index (χ0v) is 8.75. The predicted octanol–water partition coefficient (Wildman–Crippen LogP) is 1.17. The van der Waals surface area contributed by atoms with Crippen LogP contribution in [0.2, 0.25) is 0 Å². The summed E-state index contributed by atoms with van der Waals surface area (Å²) in [5.74, 6) is 0.690. The molecule has 0 saturated heterocycles. The second kappa shape index (κ2) is 5.42. The summed E-state index contributed by atoms with van der Waals surface area (Å²) in [5, 5.41) is 0. The van der Waals surface area contributed by atoms with Crippen molar-refractivity contribution in [2.75, 3.05) is 0 Å². The van der Waals surface area contributed by atoms with Crippen LogP contribution < -0.4 is 4.57 Å². The van der Waals surface area contributed by atoms with Crippen LogP contribution in [0.15, 0.2) is 12.4 Å². The van der Waals surface area contributed by atoms with Crippen LogP contribution in [0.3, 0.4) is 0 Å². The number of unbranched alkanes of at least 4 members (excludes halogenated alkanes) is 1. The molecule has 0 aliphatic heterocycles. The van der Waals surface area contributed by atoms with Crippen LogP contribution in [0.25, 0.3) is 0 Å². The number of carbonyl (C=O) groups is 1. The van der Waals surface area contributed by atoms with Crippen LogP contribution >= 0.6 is 0 Å². The van der Waals surface area contributed by atoms with E-state index in [1.165, 1.54) is 6.92 Å². The molecule has 0 atom stereocenters. The van der Waals surface area contributed by atoms with Crippen LogP contribution in [0, 0.1) is 0 Å². The summed E-state index contributed by atoms with van der Waals surface area (Å²) >= 11 is 0. The molecule has 0 unspecified atom stereocenters. The molecule has 1 aromatic rings. The number of carbonyl (C=O) groups excluding carboxylic acids is 1. The first kappa shape index (κ1) is 10.8. The Morgan fingerprint density at radius 2 is 2.43 bits per heavy atom. The van der Waals surface area contributed by atoms with E-state index in [4.69, 9.17) is 4.74 Å². The van der Waals surface area contributed by atoms with Gasteiger partial charge in [-0.25, -0.2) is 9.55 Å². The molecular formula is C10H17N2O2+. The zero-order valence-electron chi connectivity index (χ0n) is 8.75. The predicted molar refractivity (Wildman–Crippen MR) is 51.4 cm³/mol. The van der Waals surface area contributed by atoms with Gasteiger partial charge in [0.25, 0.3) is 5.82 Å². The highest BCUT2D eigenvalue weighted by Crippen LogP contribution is 1.93. The summed E-state index contributed by atoms with van der Waals surface area (Å²) < 4.78 is 6.99. The summed E-state index contributed by atoms with van der Waals surface area (Å²) in [6.07, 6.45) is 6.11. The summed E-state index contributed by atoms with van der Waals surface area (Å²) in [6, 6.07) is 0. The first-order valence-corrected chi connectivity index (χ1v) is 4.93. The fraction of sp³-hybridized carbons (Fsp3) is 0.600. The van der Waals surface area contributed by atoms with Crippen LogP contribution in [-0.2, 0) is 22.7 Å². The first-order chi connectivity index (χ1) is 6.74. The Balaban J connectivity index is 2.49. The van der Waals surface area contributed by atoms with Gasteiger partial charge in [0.05, 0.1) is 6.54 Å². The molecule has 1 rings (SSSR count). The van der Waals surface area contributed by atoms with E-state index in [9.17, 15) is 4.79 Å². The van der Waals surface area contributed by atoms with Gasteiger partial charge in [0.15, 0.2) is 6.61 Å². The molecule has 0 bridgehead atoms. The number of ether oxygens (including phenoxy) is 1. The summed E-state index contributed by atoms with van der Waals surface area (Å²) in [6.45, 7) is 4.86. The highest BCUT2D eigenvalue weighted by atomic mass is 16.5. The van der Waals surface area contributed by atoms with Crippen molar-refractivity contribution in [3.05, 3.63) is 18.2 Å². The molecule has 0 aromatic carbocycles. The molecule has 4 nitrogen and oxygen atoms in total. The SMILES string of the molecule is CCCC[n+]1cc[nH]c1COC(C)=O. The monoisotopic (exact) mass is 197 g/mol. The number of esters is 1. The summed E-state index contributed by atoms with van der Waals surface area (Å²) in [5.41, 5.74) is 0. The third-order valence-electron chi connectivity index (χ3n) is 2.02. The number of aromatic amines is 1. The molecule has 0 aliphatic carbocycles. The average Bonchev–Trinajstić information content (AvgIpc) is 2.58. The molecule has 4 heteroatoms. The highest BCUT2D eigenvalue weighted by molar-refractivity contribution is 5.65. The Labute approximate surface area is 83.9 Å². The van der Waals surface area contributed by atoms with Gasteiger partial charge in [-0.15, -0.1) is 0 Å². The molecule has 0 radical (unpaired) electrons. The van der Waals surface area contributed by atoms with Crippen molar-refractivity contribution in [2.45, 2.75) is 39.8 Å². The van der Waals surface area contributed by atoms with Gasteiger partial charge in [-0.05, 0) is 6.42 Å². The van der Waals surface area contributed by atoms with Crippen molar-refractivity contribution in [1.29, 1.82) is 0 Å². The van der Waals surface area contributed by atoms with Crippen molar-refractivity contribution in [3.63, 3.8) is 0 Å². The Morgan fingerprint density at radius 3 is 3.07 bits per heavy atom. The van der Waals surface area contributed by atoms with E-state index in [1.807, 2.05) is 12.4 Å². The van der Waals surface area contributed by atoms with Crippen LogP contribution in [0.5, 0.6) is 0 Å². The van der Waals surface area contributed by atoms with Gasteiger partial charge >= 0.3 is 5.97 Å². The quantitative estimate of drug-likeness (QED) is 0.569. The van der Waals surface area contributed by atoms with Gasteiger partial charge in [-0.2, -0.15) is 0 Å². The van der Waals surface area contributed by atoms with Crippen molar-refractivity contribution in [3.8, 4) is 0 Å². The number of hydrogen-bond donors (Lipinski definition) is 1. The number of hydrogen-bond acceptors (Lipinski definition) is 2. The molecule has 14 heavy (non-hydrogen) atoms. The van der Waals surface area contributed by atoms with Crippen molar-refractivity contribution >= 4 is 5.97 Å². The van der Waals surface area contributed by atoms with Gasteiger partial charge in [0, 0.05) is 6.92 Å². The Morgan fingerprint density at radius 1 is 1.64 bits per heavy atom. The molecule has 1 heterocycles.